The smallest absolute Gasteiger partial charge is 0.339 e. The van der Waals surface area contributed by atoms with Gasteiger partial charge in [0.1, 0.15) is 0 Å². The van der Waals surface area contributed by atoms with Crippen LogP contribution < -0.4 is 4.73 Å². The van der Waals surface area contributed by atoms with E-state index in [-0.39, 0.29) is 18.0 Å². The maximum Gasteiger partial charge on any atom is 0.339 e. The van der Waals surface area contributed by atoms with Gasteiger partial charge in [-0.2, -0.15) is 4.73 Å². The number of aromatic nitrogens is 2. The molecule has 6 nitrogen and oxygen atoms in total. The summed E-state index contributed by atoms with van der Waals surface area (Å²) in [5.41, 5.74) is 4.71. The summed E-state index contributed by atoms with van der Waals surface area (Å²) < 4.78 is 7.72. The van der Waals surface area contributed by atoms with E-state index in [0.29, 0.717) is 16.2 Å². The Balaban J connectivity index is 1.75. The second-order valence-electron chi connectivity index (χ2n) is 7.31. The number of nitrogens with zero attached hydrogens (tertiary/aromatic N) is 2. The molecule has 3 rings (SSSR count). The number of Topliss-reactive ketones (excluding diaryl/α,β-unsaturated/α-hetero) is 1. The standard InChI is InChI=1S/C23H24N2O4/c1-15(2)18-5-7-20(8-6-18)25-16(3)13-21(17(25)4)22(26)14-29-23(27)19-9-11-24(28)12-10-19/h5-13,15H,14H2,1-4H3. The van der Waals surface area contributed by atoms with Crippen LogP contribution in [0.25, 0.3) is 5.69 Å². The van der Waals surface area contributed by atoms with E-state index in [9.17, 15) is 14.8 Å². The Morgan fingerprint density at radius 2 is 1.69 bits per heavy atom. The second kappa shape index (κ2) is 8.31. The molecule has 6 heteroatoms. The van der Waals surface area contributed by atoms with E-state index in [2.05, 4.69) is 26.0 Å². The summed E-state index contributed by atoms with van der Waals surface area (Å²) in [6.45, 7) is 7.75. The molecular formula is C23H24N2O4. The van der Waals surface area contributed by atoms with Crippen molar-refractivity contribution in [1.82, 2.24) is 4.57 Å². The first kappa shape index (κ1) is 20.3. The van der Waals surface area contributed by atoms with Gasteiger partial charge in [0.15, 0.2) is 19.0 Å². The third-order valence-corrected chi connectivity index (χ3v) is 4.92. The van der Waals surface area contributed by atoms with Crippen LogP contribution in [0, 0.1) is 19.1 Å². The lowest BCUT2D eigenvalue weighted by atomic mass is 10.0. The van der Waals surface area contributed by atoms with E-state index in [1.165, 1.54) is 30.1 Å². The average Bonchev–Trinajstić information content (AvgIpc) is 3.00. The molecule has 3 aromatic rings. The van der Waals surface area contributed by atoms with Crippen molar-refractivity contribution in [3.8, 4) is 5.69 Å². The third kappa shape index (κ3) is 4.37. The fourth-order valence-corrected chi connectivity index (χ4v) is 3.29. The van der Waals surface area contributed by atoms with Gasteiger partial charge in [-0.15, -0.1) is 0 Å². The van der Waals surface area contributed by atoms with Crippen LogP contribution in [0.15, 0.2) is 54.9 Å². The number of carbonyl (C=O) groups excluding carboxylic acids is 2. The summed E-state index contributed by atoms with van der Waals surface area (Å²) in [6, 6.07) is 12.8. The molecule has 0 saturated heterocycles. The molecule has 0 aliphatic carbocycles. The largest absolute Gasteiger partial charge is 0.619 e. The lowest BCUT2D eigenvalue weighted by molar-refractivity contribution is -0.605. The van der Waals surface area contributed by atoms with Gasteiger partial charge in [0, 0.05) is 34.8 Å². The quantitative estimate of drug-likeness (QED) is 0.276. The monoisotopic (exact) mass is 392 g/mol. The topological polar surface area (TPSA) is 75.2 Å². The SMILES string of the molecule is Cc1cc(C(=O)COC(=O)c2cc[n+]([O-])cc2)c(C)n1-c1ccc(C(C)C)cc1. The molecule has 0 amide bonds. The van der Waals surface area contributed by atoms with Crippen LogP contribution in [0.3, 0.4) is 0 Å². The van der Waals surface area contributed by atoms with E-state index >= 15 is 0 Å². The fraction of sp³-hybridized carbons (Fsp3) is 0.261. The molecule has 0 aliphatic rings. The maximum atomic E-state index is 12.7. The van der Waals surface area contributed by atoms with E-state index in [1.54, 1.807) is 0 Å². The normalized spacial score (nSPS) is 10.9. The van der Waals surface area contributed by atoms with Crippen LogP contribution in [0.5, 0.6) is 0 Å². The Labute approximate surface area is 169 Å². The molecule has 0 N–H and O–H groups in total. The molecule has 2 heterocycles. The Bertz CT molecular complexity index is 1030. The highest BCUT2D eigenvalue weighted by Crippen LogP contribution is 2.23. The molecular weight excluding hydrogens is 368 g/mol. The number of aryl methyl sites for hydroxylation is 1. The van der Waals surface area contributed by atoms with E-state index in [4.69, 9.17) is 4.74 Å². The van der Waals surface area contributed by atoms with E-state index < -0.39 is 5.97 Å². The van der Waals surface area contributed by atoms with Gasteiger partial charge in [-0.05, 0) is 43.5 Å². The number of benzene rings is 1. The fourth-order valence-electron chi connectivity index (χ4n) is 3.29. The van der Waals surface area contributed by atoms with E-state index in [0.717, 1.165) is 17.1 Å². The zero-order chi connectivity index (χ0) is 21.1. The summed E-state index contributed by atoms with van der Waals surface area (Å²) in [7, 11) is 0. The first-order valence-electron chi connectivity index (χ1n) is 9.46. The van der Waals surface area contributed by atoms with Crippen LogP contribution >= 0.6 is 0 Å². The van der Waals surface area contributed by atoms with Gasteiger partial charge < -0.3 is 14.5 Å². The minimum absolute atomic E-state index is 0.223. The molecule has 0 saturated carbocycles. The molecule has 0 aliphatic heterocycles. The number of ketones is 1. The molecule has 29 heavy (non-hydrogen) atoms. The summed E-state index contributed by atoms with van der Waals surface area (Å²) in [4.78, 5) is 24.7. The highest BCUT2D eigenvalue weighted by molar-refractivity contribution is 6.00. The van der Waals surface area contributed by atoms with Crippen molar-refractivity contribution in [1.29, 1.82) is 0 Å². The zero-order valence-electron chi connectivity index (χ0n) is 17.0. The minimum atomic E-state index is -0.642. The van der Waals surface area contributed by atoms with Crippen LogP contribution in [0.2, 0.25) is 0 Å². The van der Waals surface area contributed by atoms with Crippen LogP contribution in [0.1, 0.15) is 57.4 Å². The molecule has 1 aromatic carbocycles. The summed E-state index contributed by atoms with van der Waals surface area (Å²) >= 11 is 0. The number of hydrogen-bond acceptors (Lipinski definition) is 4. The number of rotatable bonds is 6. The molecule has 0 spiro atoms. The van der Waals surface area contributed by atoms with Gasteiger partial charge in [0.05, 0.1) is 5.56 Å². The average molecular weight is 392 g/mol. The van der Waals surface area contributed by atoms with Crippen LogP contribution in [-0.2, 0) is 4.74 Å². The molecule has 0 atom stereocenters. The Morgan fingerprint density at radius 3 is 2.28 bits per heavy atom. The molecule has 0 radical (unpaired) electrons. The lowest BCUT2D eigenvalue weighted by Crippen LogP contribution is -2.24. The lowest BCUT2D eigenvalue weighted by Gasteiger charge is -2.12. The predicted molar refractivity (Wildman–Crippen MR) is 109 cm³/mol. The van der Waals surface area contributed by atoms with Gasteiger partial charge in [-0.3, -0.25) is 4.79 Å². The maximum absolute atomic E-state index is 12.7. The van der Waals surface area contributed by atoms with Gasteiger partial charge in [0.2, 0.25) is 5.78 Å². The third-order valence-electron chi connectivity index (χ3n) is 4.92. The van der Waals surface area contributed by atoms with Crippen molar-refractivity contribution < 1.29 is 19.1 Å². The molecule has 0 bridgehead atoms. The summed E-state index contributed by atoms with van der Waals surface area (Å²) in [5.74, 6) is -0.463. The molecule has 0 fully saturated rings. The summed E-state index contributed by atoms with van der Waals surface area (Å²) in [6.07, 6.45) is 2.41. The van der Waals surface area contributed by atoms with Gasteiger partial charge >= 0.3 is 5.97 Å². The van der Waals surface area contributed by atoms with Crippen molar-refractivity contribution in [2.45, 2.75) is 33.6 Å². The second-order valence-corrected chi connectivity index (χ2v) is 7.31. The number of ether oxygens (including phenoxy) is 1. The highest BCUT2D eigenvalue weighted by Gasteiger charge is 2.19. The Morgan fingerprint density at radius 1 is 1.07 bits per heavy atom. The highest BCUT2D eigenvalue weighted by atomic mass is 16.5. The van der Waals surface area contributed by atoms with Crippen molar-refractivity contribution in [3.63, 3.8) is 0 Å². The van der Waals surface area contributed by atoms with Gasteiger partial charge in [-0.25, -0.2) is 4.79 Å². The van der Waals surface area contributed by atoms with Crippen LogP contribution in [-0.4, -0.2) is 22.9 Å². The number of hydrogen-bond donors (Lipinski definition) is 0. The van der Waals surface area contributed by atoms with Gasteiger partial charge in [-0.1, -0.05) is 26.0 Å². The minimum Gasteiger partial charge on any atom is -0.619 e. The number of pyridine rings is 1. The first-order chi connectivity index (χ1) is 13.8. The van der Waals surface area contributed by atoms with Crippen LogP contribution in [0.4, 0.5) is 0 Å². The van der Waals surface area contributed by atoms with Crippen molar-refractivity contribution in [3.05, 3.63) is 88.1 Å². The van der Waals surface area contributed by atoms with Gasteiger partial charge in [0.25, 0.3) is 0 Å². The number of carbonyl (C=O) groups is 2. The van der Waals surface area contributed by atoms with Crippen molar-refractivity contribution in [2.75, 3.05) is 6.61 Å². The Hall–Kier alpha value is -3.41. The van der Waals surface area contributed by atoms with Crippen molar-refractivity contribution >= 4 is 11.8 Å². The molecule has 0 unspecified atom stereocenters. The zero-order valence-corrected chi connectivity index (χ0v) is 17.0. The van der Waals surface area contributed by atoms with E-state index in [1.807, 2.05) is 36.6 Å². The predicted octanol–water partition coefficient (Wildman–Crippen LogP) is 3.89. The molecule has 2 aromatic heterocycles. The summed E-state index contributed by atoms with van der Waals surface area (Å²) in [5, 5.41) is 11.0. The first-order valence-corrected chi connectivity index (χ1v) is 9.46. The number of esters is 1. The van der Waals surface area contributed by atoms with Crippen molar-refractivity contribution in [2.24, 2.45) is 0 Å². The Kier molecular flexibility index (Phi) is 5.82. The molecule has 150 valence electrons.